The van der Waals surface area contributed by atoms with E-state index >= 15 is 0 Å². The molecule has 0 atom stereocenters. The van der Waals surface area contributed by atoms with Gasteiger partial charge < -0.3 is 20.1 Å². The Bertz CT molecular complexity index is 1100. The summed E-state index contributed by atoms with van der Waals surface area (Å²) in [7, 11) is 0. The topological polar surface area (TPSA) is 102 Å². The van der Waals surface area contributed by atoms with Crippen molar-refractivity contribution in [1.82, 2.24) is 15.5 Å². The maximum absolute atomic E-state index is 12.4. The third kappa shape index (κ3) is 5.53. The number of benzene rings is 2. The van der Waals surface area contributed by atoms with E-state index < -0.39 is 0 Å². The first-order valence-corrected chi connectivity index (χ1v) is 11.5. The Balaban J connectivity index is 1.20. The average molecular weight is 457 g/mol. The van der Waals surface area contributed by atoms with Gasteiger partial charge in [-0.3, -0.25) is 9.59 Å². The van der Waals surface area contributed by atoms with Crippen molar-refractivity contribution in [1.29, 1.82) is 0 Å². The van der Waals surface area contributed by atoms with Gasteiger partial charge in [0.15, 0.2) is 11.5 Å². The number of carbonyl (C=O) groups is 2. The normalized spacial score (nSPS) is 11.9. The molecule has 4 rings (SSSR count). The van der Waals surface area contributed by atoms with Crippen LogP contribution < -0.4 is 20.1 Å². The van der Waals surface area contributed by atoms with Gasteiger partial charge in [-0.25, -0.2) is 0 Å². The van der Waals surface area contributed by atoms with Crippen LogP contribution in [0.3, 0.4) is 0 Å². The van der Waals surface area contributed by atoms with Crippen molar-refractivity contribution in [2.75, 3.05) is 17.9 Å². The van der Waals surface area contributed by atoms with Gasteiger partial charge in [-0.1, -0.05) is 35.6 Å². The first-order chi connectivity index (χ1) is 15.1. The van der Waals surface area contributed by atoms with Gasteiger partial charge in [0.05, 0.1) is 5.75 Å². The first kappa shape index (κ1) is 21.1. The van der Waals surface area contributed by atoms with E-state index in [1.807, 2.05) is 49.4 Å². The molecular weight excluding hydrogens is 436 g/mol. The van der Waals surface area contributed by atoms with Crippen molar-refractivity contribution in [2.45, 2.75) is 19.2 Å². The Morgan fingerprint density at radius 2 is 1.97 bits per heavy atom. The maximum Gasteiger partial charge on any atom is 0.286 e. The van der Waals surface area contributed by atoms with E-state index in [0.29, 0.717) is 28.1 Å². The third-order valence-electron chi connectivity index (χ3n) is 4.44. The van der Waals surface area contributed by atoms with Crippen LogP contribution in [0.4, 0.5) is 5.69 Å². The van der Waals surface area contributed by atoms with Crippen LogP contribution >= 0.6 is 23.1 Å². The standard InChI is InChI=1S/C21H20N4O4S2/c1-13-4-2-3-5-15(13)23-20(27)21-25-24-19(31-21)11-30-10-18(26)22-9-14-6-7-16-17(8-14)29-12-28-16/h2-8H,9-12H2,1H3,(H,22,26)(H,23,27). The molecule has 2 heterocycles. The molecule has 31 heavy (non-hydrogen) atoms. The van der Waals surface area contributed by atoms with E-state index in [9.17, 15) is 9.59 Å². The van der Waals surface area contributed by atoms with Gasteiger partial charge in [-0.15, -0.1) is 22.0 Å². The highest BCUT2D eigenvalue weighted by Gasteiger charge is 2.15. The van der Waals surface area contributed by atoms with E-state index in [1.54, 1.807) is 0 Å². The largest absolute Gasteiger partial charge is 0.454 e. The molecule has 0 bridgehead atoms. The number of aromatic nitrogens is 2. The molecule has 1 aliphatic rings. The first-order valence-electron chi connectivity index (χ1n) is 9.51. The van der Waals surface area contributed by atoms with Gasteiger partial charge in [0, 0.05) is 18.0 Å². The molecule has 0 radical (unpaired) electrons. The van der Waals surface area contributed by atoms with Crippen molar-refractivity contribution in [3.63, 3.8) is 0 Å². The highest BCUT2D eigenvalue weighted by molar-refractivity contribution is 7.99. The second kappa shape index (κ2) is 9.80. The van der Waals surface area contributed by atoms with Crippen LogP contribution in [-0.4, -0.2) is 34.6 Å². The van der Waals surface area contributed by atoms with Gasteiger partial charge in [0.1, 0.15) is 5.01 Å². The number of carbonyl (C=O) groups excluding carboxylic acids is 2. The van der Waals surface area contributed by atoms with Crippen LogP contribution in [0.2, 0.25) is 0 Å². The SMILES string of the molecule is Cc1ccccc1NC(=O)c1nnc(CSCC(=O)NCc2ccc3c(c2)OCO3)s1. The van der Waals surface area contributed by atoms with Gasteiger partial charge in [0.25, 0.3) is 5.91 Å². The van der Waals surface area contributed by atoms with E-state index in [4.69, 9.17) is 9.47 Å². The van der Waals surface area contributed by atoms with Gasteiger partial charge in [-0.2, -0.15) is 0 Å². The molecule has 2 aromatic carbocycles. The molecule has 2 amide bonds. The van der Waals surface area contributed by atoms with E-state index in [-0.39, 0.29) is 24.4 Å². The summed E-state index contributed by atoms with van der Waals surface area (Å²) < 4.78 is 10.6. The Morgan fingerprint density at radius 1 is 1.13 bits per heavy atom. The lowest BCUT2D eigenvalue weighted by atomic mass is 10.2. The number of aryl methyl sites for hydroxylation is 1. The summed E-state index contributed by atoms with van der Waals surface area (Å²) in [6, 6.07) is 13.1. The zero-order valence-corrected chi connectivity index (χ0v) is 18.3. The number of anilines is 1. The number of ether oxygens (including phenoxy) is 2. The van der Waals surface area contributed by atoms with E-state index in [1.165, 1.54) is 23.1 Å². The number of fused-ring (bicyclic) bond motifs is 1. The van der Waals surface area contributed by atoms with Crippen LogP contribution in [0.15, 0.2) is 42.5 Å². The zero-order chi connectivity index (χ0) is 21.6. The molecule has 10 heteroatoms. The van der Waals surface area contributed by atoms with Crippen LogP contribution in [-0.2, 0) is 17.1 Å². The van der Waals surface area contributed by atoms with E-state index in [2.05, 4.69) is 20.8 Å². The second-order valence-electron chi connectivity index (χ2n) is 6.73. The smallest absolute Gasteiger partial charge is 0.286 e. The lowest BCUT2D eigenvalue weighted by Crippen LogP contribution is -2.24. The lowest BCUT2D eigenvalue weighted by Gasteiger charge is -2.06. The predicted molar refractivity (Wildman–Crippen MR) is 120 cm³/mol. The molecular formula is C21H20N4O4S2. The van der Waals surface area contributed by atoms with Crippen LogP contribution in [0.5, 0.6) is 11.5 Å². The van der Waals surface area contributed by atoms with Crippen molar-refractivity contribution < 1.29 is 19.1 Å². The van der Waals surface area contributed by atoms with Crippen LogP contribution in [0.25, 0.3) is 0 Å². The summed E-state index contributed by atoms with van der Waals surface area (Å²) in [5, 5.41) is 14.7. The fraction of sp³-hybridized carbons (Fsp3) is 0.238. The van der Waals surface area contributed by atoms with Crippen LogP contribution in [0, 0.1) is 6.92 Å². The molecule has 0 saturated carbocycles. The minimum Gasteiger partial charge on any atom is -0.454 e. The van der Waals surface area contributed by atoms with Crippen molar-refractivity contribution in [2.24, 2.45) is 0 Å². The van der Waals surface area contributed by atoms with E-state index in [0.717, 1.165) is 22.6 Å². The number of para-hydroxylation sites is 1. The molecule has 1 aromatic heterocycles. The van der Waals surface area contributed by atoms with Crippen molar-refractivity contribution in [3.05, 3.63) is 63.6 Å². The monoisotopic (exact) mass is 456 g/mol. The van der Waals surface area contributed by atoms with Gasteiger partial charge >= 0.3 is 0 Å². The summed E-state index contributed by atoms with van der Waals surface area (Å²) in [5.74, 6) is 1.84. The molecule has 0 saturated heterocycles. The molecule has 0 aliphatic carbocycles. The zero-order valence-electron chi connectivity index (χ0n) is 16.7. The Morgan fingerprint density at radius 3 is 2.84 bits per heavy atom. The summed E-state index contributed by atoms with van der Waals surface area (Å²) in [6.45, 7) is 2.57. The molecule has 8 nitrogen and oxygen atoms in total. The summed E-state index contributed by atoms with van der Waals surface area (Å²) in [4.78, 5) is 24.5. The number of hydrogen-bond donors (Lipinski definition) is 2. The Labute approximate surface area is 187 Å². The average Bonchev–Trinajstić information content (AvgIpc) is 3.43. The molecule has 0 unspecified atom stereocenters. The highest BCUT2D eigenvalue weighted by atomic mass is 32.2. The highest BCUT2D eigenvalue weighted by Crippen LogP contribution is 2.32. The minimum atomic E-state index is -0.287. The predicted octanol–water partition coefficient (Wildman–Crippen LogP) is 3.38. The van der Waals surface area contributed by atoms with Gasteiger partial charge in [0.2, 0.25) is 17.7 Å². The Kier molecular flexibility index (Phi) is 6.68. The maximum atomic E-state index is 12.4. The Hall–Kier alpha value is -3.11. The number of nitrogens with zero attached hydrogens (tertiary/aromatic N) is 2. The quantitative estimate of drug-likeness (QED) is 0.536. The number of hydrogen-bond acceptors (Lipinski definition) is 8. The summed E-state index contributed by atoms with van der Waals surface area (Å²) in [5.41, 5.74) is 2.66. The van der Waals surface area contributed by atoms with Crippen LogP contribution in [0.1, 0.15) is 25.9 Å². The molecule has 2 N–H and O–H groups in total. The fourth-order valence-electron chi connectivity index (χ4n) is 2.83. The third-order valence-corrected chi connectivity index (χ3v) is 6.49. The minimum absolute atomic E-state index is 0.0790. The number of thioether (sulfide) groups is 1. The summed E-state index contributed by atoms with van der Waals surface area (Å²) >= 11 is 2.65. The molecule has 0 spiro atoms. The molecule has 160 valence electrons. The summed E-state index contributed by atoms with van der Waals surface area (Å²) in [6.07, 6.45) is 0. The van der Waals surface area contributed by atoms with Crippen molar-refractivity contribution in [3.8, 4) is 11.5 Å². The van der Waals surface area contributed by atoms with Crippen molar-refractivity contribution >= 4 is 40.6 Å². The van der Waals surface area contributed by atoms with Gasteiger partial charge in [-0.05, 0) is 36.2 Å². The number of amides is 2. The molecule has 3 aromatic rings. The second-order valence-corrected chi connectivity index (χ2v) is 8.77. The number of nitrogens with one attached hydrogen (secondary N) is 2. The number of rotatable bonds is 8. The molecule has 0 fully saturated rings. The molecule has 1 aliphatic heterocycles. The lowest BCUT2D eigenvalue weighted by molar-refractivity contribution is -0.118. The fourth-order valence-corrected chi connectivity index (χ4v) is 4.46.